The molecule has 6 heteroatoms. The van der Waals surface area contributed by atoms with Crippen molar-refractivity contribution in [3.63, 3.8) is 0 Å². The zero-order valence-electron chi connectivity index (χ0n) is 16.8. The van der Waals surface area contributed by atoms with Crippen LogP contribution in [0, 0.1) is 0 Å². The maximum atomic E-state index is 13.5. The molecule has 3 aromatic rings. The molecule has 0 bridgehead atoms. The topological polar surface area (TPSA) is 39.3 Å². The van der Waals surface area contributed by atoms with Gasteiger partial charge in [-0.15, -0.1) is 0 Å². The highest BCUT2D eigenvalue weighted by Crippen LogP contribution is 2.46. The molecule has 0 spiro atoms. The molecule has 2 aliphatic rings. The second kappa shape index (κ2) is 6.59. The molecule has 150 valence electrons. The average molecular weight is 473 g/mol. The van der Waals surface area contributed by atoms with Crippen molar-refractivity contribution in [2.45, 2.75) is 19.3 Å². The van der Waals surface area contributed by atoms with Gasteiger partial charge in [-0.2, -0.15) is 0 Å². The summed E-state index contributed by atoms with van der Waals surface area (Å²) in [5, 5.41) is 1.62. The first-order valence-corrected chi connectivity index (χ1v) is 11.1. The van der Waals surface area contributed by atoms with Gasteiger partial charge in [0.15, 0.2) is 5.78 Å². The Kier molecular flexibility index (Phi) is 4.36. The fourth-order valence-electron chi connectivity index (χ4n) is 4.70. The molecule has 1 saturated heterocycles. The van der Waals surface area contributed by atoms with Crippen LogP contribution in [0.2, 0.25) is 5.02 Å². The maximum absolute atomic E-state index is 13.5. The van der Waals surface area contributed by atoms with Crippen LogP contribution in [-0.2, 0) is 5.41 Å². The number of halogens is 2. The van der Waals surface area contributed by atoms with Crippen molar-refractivity contribution >= 4 is 49.9 Å². The number of ketones is 1. The van der Waals surface area contributed by atoms with E-state index in [1.165, 1.54) is 0 Å². The Morgan fingerprint density at radius 2 is 1.83 bits per heavy atom. The standard InChI is InChI=1S/C23H23BrClN3O/c1-23(2)16-12-19(28-8-6-27(3)7-9-28)17(25)11-15(16)21(29)20-14-5-4-13(24)10-18(14)26-22(20)23/h4-5,10-12,26H,6-9H2,1-3H3. The molecular weight excluding hydrogens is 450 g/mol. The molecule has 2 heterocycles. The van der Waals surface area contributed by atoms with Crippen LogP contribution < -0.4 is 4.90 Å². The van der Waals surface area contributed by atoms with E-state index in [0.29, 0.717) is 10.6 Å². The largest absolute Gasteiger partial charge is 0.368 e. The van der Waals surface area contributed by atoms with Crippen LogP contribution in [0.25, 0.3) is 10.9 Å². The van der Waals surface area contributed by atoms with Crippen LogP contribution in [0.5, 0.6) is 0 Å². The highest BCUT2D eigenvalue weighted by Gasteiger charge is 2.40. The van der Waals surface area contributed by atoms with Crippen molar-refractivity contribution in [1.82, 2.24) is 9.88 Å². The molecule has 1 N–H and O–H groups in total. The van der Waals surface area contributed by atoms with Gasteiger partial charge in [-0.3, -0.25) is 4.79 Å². The highest BCUT2D eigenvalue weighted by atomic mass is 79.9. The number of carbonyl (C=O) groups excluding carboxylic acids is 1. The lowest BCUT2D eigenvalue weighted by Crippen LogP contribution is -2.44. The third kappa shape index (κ3) is 2.86. The number of hydrogen-bond donors (Lipinski definition) is 1. The number of likely N-dealkylation sites (N-methyl/N-ethyl adjacent to an activating group) is 1. The number of aromatic nitrogens is 1. The molecule has 1 aromatic heterocycles. The first-order chi connectivity index (χ1) is 13.8. The molecule has 0 atom stereocenters. The Morgan fingerprint density at radius 1 is 1.10 bits per heavy atom. The smallest absolute Gasteiger partial charge is 0.195 e. The van der Waals surface area contributed by atoms with Gasteiger partial charge in [-0.25, -0.2) is 0 Å². The van der Waals surface area contributed by atoms with Gasteiger partial charge >= 0.3 is 0 Å². The molecule has 29 heavy (non-hydrogen) atoms. The summed E-state index contributed by atoms with van der Waals surface area (Å²) < 4.78 is 0.992. The molecule has 5 rings (SSSR count). The van der Waals surface area contributed by atoms with Crippen molar-refractivity contribution in [3.05, 3.63) is 62.2 Å². The number of benzene rings is 2. The van der Waals surface area contributed by atoms with E-state index in [1.54, 1.807) is 0 Å². The summed E-state index contributed by atoms with van der Waals surface area (Å²) in [4.78, 5) is 21.7. The molecule has 0 saturated carbocycles. The normalized spacial score (nSPS) is 18.8. The van der Waals surface area contributed by atoms with Crippen LogP contribution in [0.3, 0.4) is 0 Å². The van der Waals surface area contributed by atoms with E-state index in [4.69, 9.17) is 11.6 Å². The van der Waals surface area contributed by atoms with Gasteiger partial charge in [-0.05, 0) is 36.9 Å². The van der Waals surface area contributed by atoms with Crippen molar-refractivity contribution in [3.8, 4) is 0 Å². The minimum absolute atomic E-state index is 0.0507. The van der Waals surface area contributed by atoms with Crippen LogP contribution in [0.1, 0.15) is 41.0 Å². The summed E-state index contributed by atoms with van der Waals surface area (Å²) >= 11 is 10.2. The second-order valence-electron chi connectivity index (χ2n) is 8.66. The number of anilines is 1. The Labute approximate surface area is 184 Å². The SMILES string of the molecule is CN1CCN(c2cc3c(cc2Cl)C(=O)c2c([nH]c4cc(Br)ccc24)C3(C)C)CC1. The summed E-state index contributed by atoms with van der Waals surface area (Å²) in [6.45, 7) is 8.27. The van der Waals surface area contributed by atoms with Gasteiger partial charge in [0.25, 0.3) is 0 Å². The van der Waals surface area contributed by atoms with Gasteiger partial charge in [-0.1, -0.05) is 47.4 Å². The number of rotatable bonds is 1. The van der Waals surface area contributed by atoms with E-state index in [0.717, 1.165) is 64.1 Å². The lowest BCUT2D eigenvalue weighted by Gasteiger charge is -2.37. The third-order valence-electron chi connectivity index (χ3n) is 6.46. The minimum Gasteiger partial charge on any atom is -0.368 e. The fourth-order valence-corrected chi connectivity index (χ4v) is 5.34. The second-order valence-corrected chi connectivity index (χ2v) is 9.98. The van der Waals surface area contributed by atoms with Crippen LogP contribution in [0.15, 0.2) is 34.8 Å². The zero-order valence-corrected chi connectivity index (χ0v) is 19.1. The predicted molar refractivity (Wildman–Crippen MR) is 123 cm³/mol. The molecule has 1 fully saturated rings. The lowest BCUT2D eigenvalue weighted by atomic mass is 9.71. The van der Waals surface area contributed by atoms with E-state index < -0.39 is 0 Å². The summed E-state index contributed by atoms with van der Waals surface area (Å²) in [6, 6.07) is 10.1. The number of carbonyl (C=O) groups is 1. The Bertz CT molecular complexity index is 1160. The van der Waals surface area contributed by atoms with Crippen molar-refractivity contribution < 1.29 is 4.79 Å². The monoisotopic (exact) mass is 471 g/mol. The van der Waals surface area contributed by atoms with Gasteiger partial charge in [0.2, 0.25) is 0 Å². The number of fused-ring (bicyclic) bond motifs is 4. The molecule has 0 radical (unpaired) electrons. The third-order valence-corrected chi connectivity index (χ3v) is 7.26. The van der Waals surface area contributed by atoms with Crippen LogP contribution in [0.4, 0.5) is 5.69 Å². The number of H-pyrrole nitrogens is 1. The van der Waals surface area contributed by atoms with Gasteiger partial charge < -0.3 is 14.8 Å². The molecule has 1 aliphatic heterocycles. The van der Waals surface area contributed by atoms with Gasteiger partial charge in [0.1, 0.15) is 0 Å². The summed E-state index contributed by atoms with van der Waals surface area (Å²) in [7, 11) is 2.14. The first kappa shape index (κ1) is 19.2. The highest BCUT2D eigenvalue weighted by molar-refractivity contribution is 9.10. The number of piperazine rings is 1. The van der Waals surface area contributed by atoms with Crippen molar-refractivity contribution in [2.75, 3.05) is 38.1 Å². The quantitative estimate of drug-likeness (QED) is 0.529. The van der Waals surface area contributed by atoms with E-state index in [2.05, 4.69) is 57.7 Å². The van der Waals surface area contributed by atoms with Crippen LogP contribution >= 0.6 is 27.5 Å². The minimum atomic E-state index is -0.323. The average Bonchev–Trinajstić information content (AvgIpc) is 3.06. The van der Waals surface area contributed by atoms with Crippen LogP contribution in [-0.4, -0.2) is 48.9 Å². The molecule has 2 aromatic carbocycles. The number of nitrogens with one attached hydrogen (secondary N) is 1. The fraction of sp³-hybridized carbons (Fsp3) is 0.348. The van der Waals surface area contributed by atoms with Crippen molar-refractivity contribution in [2.24, 2.45) is 0 Å². The van der Waals surface area contributed by atoms with E-state index >= 15 is 0 Å². The van der Waals surface area contributed by atoms with Gasteiger partial charge in [0.05, 0.1) is 16.3 Å². The molecule has 4 nitrogen and oxygen atoms in total. The van der Waals surface area contributed by atoms with Gasteiger partial charge in [0, 0.05) is 58.2 Å². The zero-order chi connectivity index (χ0) is 20.5. The summed E-state index contributed by atoms with van der Waals surface area (Å²) in [5.74, 6) is 0.0507. The van der Waals surface area contributed by atoms with E-state index in [9.17, 15) is 4.79 Å². The number of aromatic amines is 1. The Balaban J connectivity index is 1.69. The Hall–Kier alpha value is -1.82. The van der Waals surface area contributed by atoms with E-state index in [1.807, 2.05) is 24.3 Å². The van der Waals surface area contributed by atoms with Crippen molar-refractivity contribution in [1.29, 1.82) is 0 Å². The predicted octanol–water partition coefficient (Wildman–Crippen LogP) is 5.21. The summed E-state index contributed by atoms with van der Waals surface area (Å²) in [6.07, 6.45) is 0. The number of nitrogens with zero attached hydrogens (tertiary/aromatic N) is 2. The molecule has 0 unspecified atom stereocenters. The first-order valence-electron chi connectivity index (χ1n) is 9.91. The Morgan fingerprint density at radius 3 is 2.55 bits per heavy atom. The summed E-state index contributed by atoms with van der Waals surface area (Å²) in [5.41, 5.74) is 5.19. The number of hydrogen-bond acceptors (Lipinski definition) is 3. The van der Waals surface area contributed by atoms with E-state index in [-0.39, 0.29) is 11.2 Å². The maximum Gasteiger partial charge on any atom is 0.195 e. The molecule has 0 amide bonds. The molecule has 1 aliphatic carbocycles. The lowest BCUT2D eigenvalue weighted by molar-refractivity contribution is 0.103. The molecular formula is C23H23BrClN3O.